The van der Waals surface area contributed by atoms with E-state index in [1.54, 1.807) is 12.0 Å². The molecule has 1 aliphatic rings. The third-order valence-corrected chi connectivity index (χ3v) is 6.68. The smallest absolute Gasteiger partial charge is 0.410 e. The lowest BCUT2D eigenvalue weighted by atomic mass is 10.0. The van der Waals surface area contributed by atoms with Gasteiger partial charge < -0.3 is 29.8 Å². The molecule has 3 heterocycles. The molecule has 4 rings (SSSR count). The number of ether oxygens (including phenoxy) is 3. The van der Waals surface area contributed by atoms with Crippen molar-refractivity contribution in [2.24, 2.45) is 0 Å². The molecule has 1 fully saturated rings. The molecule has 3 aromatic rings. The Hall–Kier alpha value is -3.64. The molecule has 12 heteroatoms. The summed E-state index contributed by atoms with van der Waals surface area (Å²) in [5.41, 5.74) is 8.13. The van der Waals surface area contributed by atoms with Gasteiger partial charge in [-0.1, -0.05) is 24.3 Å². The fraction of sp³-hybridized carbons (Fsp3) is 0.556. The number of hydrogen-bond acceptors (Lipinski definition) is 9. The van der Waals surface area contributed by atoms with Crippen molar-refractivity contribution in [2.75, 3.05) is 46.2 Å². The lowest BCUT2D eigenvalue weighted by Gasteiger charge is -2.37. The number of carbonyl (C=O) groups excluding carboxylic acids is 1. The molecule has 0 bridgehead atoms. The highest BCUT2D eigenvalue weighted by Crippen LogP contribution is 2.21. The minimum absolute atomic E-state index is 0.0973. The van der Waals surface area contributed by atoms with E-state index >= 15 is 0 Å². The van der Waals surface area contributed by atoms with Crippen molar-refractivity contribution in [1.29, 1.82) is 0 Å². The Kier molecular flexibility index (Phi) is 8.76. The van der Waals surface area contributed by atoms with E-state index in [4.69, 9.17) is 19.9 Å². The van der Waals surface area contributed by atoms with Crippen LogP contribution in [-0.2, 0) is 22.6 Å². The highest BCUT2D eigenvalue weighted by atomic mass is 16.6. The van der Waals surface area contributed by atoms with Gasteiger partial charge in [0.05, 0.1) is 13.2 Å². The summed E-state index contributed by atoms with van der Waals surface area (Å²) in [6.45, 7) is 8.80. The second kappa shape index (κ2) is 12.0. The first-order valence-corrected chi connectivity index (χ1v) is 13.2. The van der Waals surface area contributed by atoms with Gasteiger partial charge >= 0.3 is 17.8 Å². The zero-order valence-corrected chi connectivity index (χ0v) is 23.4. The number of benzene rings is 1. The third-order valence-electron chi connectivity index (χ3n) is 6.68. The van der Waals surface area contributed by atoms with Crippen LogP contribution in [0.25, 0.3) is 11.2 Å². The van der Waals surface area contributed by atoms with Crippen LogP contribution >= 0.6 is 0 Å². The average Bonchev–Trinajstić information content (AvgIpc) is 3.20. The van der Waals surface area contributed by atoms with Gasteiger partial charge in [-0.05, 0) is 51.8 Å². The number of methoxy groups -OCH3 is 1. The Labute approximate surface area is 228 Å². The first-order valence-electron chi connectivity index (χ1n) is 13.2. The van der Waals surface area contributed by atoms with Gasteiger partial charge in [0, 0.05) is 32.8 Å². The average molecular weight is 542 g/mol. The quantitative estimate of drug-likeness (QED) is 0.391. The number of fused-ring (bicyclic) bond motifs is 1. The third kappa shape index (κ3) is 7.27. The molecule has 0 aliphatic carbocycles. The van der Waals surface area contributed by atoms with Crippen molar-refractivity contribution < 1.29 is 19.0 Å². The normalized spacial score (nSPS) is 14.8. The number of H-pyrrole nitrogens is 1. The molecule has 0 unspecified atom stereocenters. The summed E-state index contributed by atoms with van der Waals surface area (Å²) in [6.07, 6.45) is 1.57. The molecule has 1 saturated heterocycles. The maximum absolute atomic E-state index is 12.7. The van der Waals surface area contributed by atoms with Crippen LogP contribution in [0.4, 0.5) is 10.6 Å². The number of piperidine rings is 1. The van der Waals surface area contributed by atoms with E-state index in [-0.39, 0.29) is 30.2 Å². The van der Waals surface area contributed by atoms with Gasteiger partial charge in [0.15, 0.2) is 11.5 Å². The molecule has 39 heavy (non-hydrogen) atoms. The largest absolute Gasteiger partial charge is 0.461 e. The van der Waals surface area contributed by atoms with E-state index in [9.17, 15) is 9.59 Å². The Morgan fingerprint density at radius 2 is 1.79 bits per heavy atom. The molecule has 0 saturated carbocycles. The van der Waals surface area contributed by atoms with E-state index < -0.39 is 5.60 Å². The summed E-state index contributed by atoms with van der Waals surface area (Å²) >= 11 is 0. The molecular formula is C27H39N7O5. The molecule has 12 nitrogen and oxygen atoms in total. The molecule has 1 aromatic carbocycles. The van der Waals surface area contributed by atoms with Gasteiger partial charge in [-0.3, -0.25) is 9.47 Å². The highest BCUT2D eigenvalue weighted by molar-refractivity contribution is 5.81. The van der Waals surface area contributed by atoms with Crippen LogP contribution < -0.4 is 16.2 Å². The summed E-state index contributed by atoms with van der Waals surface area (Å²) in [5, 5.41) is 0. The minimum Gasteiger partial charge on any atom is -0.461 e. The number of amides is 1. The summed E-state index contributed by atoms with van der Waals surface area (Å²) in [5.74, 6) is 0.151. The van der Waals surface area contributed by atoms with Gasteiger partial charge in [-0.25, -0.2) is 9.59 Å². The topological polar surface area (TPSA) is 141 Å². The Morgan fingerprint density at radius 1 is 1.13 bits per heavy atom. The number of anilines is 1. The van der Waals surface area contributed by atoms with Crippen LogP contribution in [0.1, 0.15) is 44.7 Å². The van der Waals surface area contributed by atoms with E-state index in [1.807, 2.05) is 32.9 Å². The van der Waals surface area contributed by atoms with Crippen molar-refractivity contribution in [3.8, 4) is 6.01 Å². The molecule has 2 aromatic heterocycles. The number of carbonyl (C=O) groups is 1. The standard InChI is InChI=1S/C27H39N7O5/c1-27(2,3)39-26(36)33-12-10-20(11-13-33)32(4)16-18-6-8-19(9-7-18)17-34-23-21(29-25(34)35)22(28)30-24(31-23)38-15-14-37-5/h6-9,20H,10-17H2,1-5H3,(H,29,35)(H2,28,30,31). The SMILES string of the molecule is COCCOc1nc(N)c2[nH]c(=O)n(Cc3ccc(CN(C)C4CCN(C(=O)OC(C)(C)C)CC4)cc3)c2n1. The Morgan fingerprint density at radius 3 is 2.44 bits per heavy atom. The van der Waals surface area contributed by atoms with Crippen LogP contribution in [0.5, 0.6) is 6.01 Å². The summed E-state index contributed by atoms with van der Waals surface area (Å²) in [6, 6.07) is 8.66. The van der Waals surface area contributed by atoms with Crippen LogP contribution in [0, 0.1) is 0 Å². The number of aromatic nitrogens is 4. The van der Waals surface area contributed by atoms with Crippen molar-refractivity contribution in [3.63, 3.8) is 0 Å². The zero-order chi connectivity index (χ0) is 28.2. The maximum atomic E-state index is 12.7. The number of rotatable bonds is 9. The van der Waals surface area contributed by atoms with Gasteiger partial charge in [-0.15, -0.1) is 0 Å². The van der Waals surface area contributed by atoms with Crippen LogP contribution in [0.3, 0.4) is 0 Å². The Bertz CT molecular complexity index is 1320. The van der Waals surface area contributed by atoms with E-state index in [2.05, 4.69) is 39.0 Å². The van der Waals surface area contributed by atoms with Gasteiger partial charge in [0.1, 0.15) is 17.7 Å². The second-order valence-corrected chi connectivity index (χ2v) is 10.9. The molecule has 1 aliphatic heterocycles. The summed E-state index contributed by atoms with van der Waals surface area (Å²) in [4.78, 5) is 40.4. The highest BCUT2D eigenvalue weighted by Gasteiger charge is 2.28. The number of nitrogens with zero attached hydrogens (tertiary/aromatic N) is 5. The van der Waals surface area contributed by atoms with Crippen LogP contribution in [-0.4, -0.2) is 87.5 Å². The number of aromatic amines is 1. The van der Waals surface area contributed by atoms with E-state index in [0.29, 0.717) is 43.4 Å². The molecule has 0 atom stereocenters. The number of nitrogens with one attached hydrogen (secondary N) is 1. The maximum Gasteiger partial charge on any atom is 0.410 e. The van der Waals surface area contributed by atoms with Gasteiger partial charge in [-0.2, -0.15) is 9.97 Å². The number of imidazole rings is 1. The summed E-state index contributed by atoms with van der Waals surface area (Å²) < 4.78 is 17.5. The fourth-order valence-electron chi connectivity index (χ4n) is 4.62. The van der Waals surface area contributed by atoms with Crippen LogP contribution in [0.15, 0.2) is 29.1 Å². The number of hydrogen-bond donors (Lipinski definition) is 2. The molecule has 0 radical (unpaired) electrons. The monoisotopic (exact) mass is 541 g/mol. The fourth-order valence-corrected chi connectivity index (χ4v) is 4.62. The number of nitrogens with two attached hydrogens (primary N) is 1. The molecule has 1 amide bonds. The van der Waals surface area contributed by atoms with Gasteiger partial charge in [0.25, 0.3) is 0 Å². The molecule has 0 spiro atoms. The van der Waals surface area contributed by atoms with Crippen LogP contribution in [0.2, 0.25) is 0 Å². The van der Waals surface area contributed by atoms with Crippen molar-refractivity contribution in [3.05, 3.63) is 45.9 Å². The molecular weight excluding hydrogens is 502 g/mol. The summed E-state index contributed by atoms with van der Waals surface area (Å²) in [7, 11) is 3.69. The number of likely N-dealkylation sites (tertiary alicyclic amines) is 1. The van der Waals surface area contributed by atoms with Crippen molar-refractivity contribution in [1.82, 2.24) is 29.3 Å². The zero-order valence-electron chi connectivity index (χ0n) is 23.4. The molecule has 212 valence electrons. The predicted molar refractivity (Wildman–Crippen MR) is 148 cm³/mol. The van der Waals surface area contributed by atoms with E-state index in [1.165, 1.54) is 10.1 Å². The first-order chi connectivity index (χ1) is 18.5. The Balaban J connectivity index is 1.36. The van der Waals surface area contributed by atoms with Gasteiger partial charge in [0.2, 0.25) is 0 Å². The van der Waals surface area contributed by atoms with Crippen molar-refractivity contribution in [2.45, 2.75) is 58.3 Å². The van der Waals surface area contributed by atoms with Crippen molar-refractivity contribution >= 4 is 23.1 Å². The number of nitrogen functional groups attached to an aromatic ring is 1. The predicted octanol–water partition coefficient (Wildman–Crippen LogP) is 2.61. The lowest BCUT2D eigenvalue weighted by molar-refractivity contribution is 0.0153. The molecule has 3 N–H and O–H groups in total. The minimum atomic E-state index is -0.485. The lowest BCUT2D eigenvalue weighted by Crippen LogP contribution is -2.46. The van der Waals surface area contributed by atoms with E-state index in [0.717, 1.165) is 24.9 Å². The first kappa shape index (κ1) is 28.4. The second-order valence-electron chi connectivity index (χ2n) is 10.9.